The van der Waals surface area contributed by atoms with E-state index in [4.69, 9.17) is 18.9 Å². The monoisotopic (exact) mass is 1160 g/mol. The van der Waals surface area contributed by atoms with E-state index in [0.717, 1.165) is 89.9 Å². The number of ether oxygens (including phenoxy) is 4. The summed E-state index contributed by atoms with van der Waals surface area (Å²) in [6.07, 6.45) is 55.8. The van der Waals surface area contributed by atoms with Crippen molar-refractivity contribution in [2.24, 2.45) is 0 Å². The second-order valence-electron chi connectivity index (χ2n) is 22.5. The Hall–Kier alpha value is -3.09. The Morgan fingerprint density at radius 2 is 0.841 bits per heavy atom. The molecule has 12 atom stereocenters. The molecule has 0 aromatic rings. The van der Waals surface area contributed by atoms with Crippen molar-refractivity contribution in [1.29, 1.82) is 0 Å². The van der Waals surface area contributed by atoms with Gasteiger partial charge in [-0.15, -0.1) is 0 Å². The van der Waals surface area contributed by atoms with Crippen molar-refractivity contribution in [2.75, 3.05) is 19.8 Å². The van der Waals surface area contributed by atoms with E-state index in [0.29, 0.717) is 6.42 Å². The third-order valence-corrected chi connectivity index (χ3v) is 15.3. The fraction of sp³-hybridized carbons (Fsp3) is 0.750. The SMILES string of the molecule is CC/C=C\C/C=C\C/C=C\C/C=C\C/C=C\C/C=C\C/C=C\CCCCCCCCCCCC(=O)NC(COC1OC(CO)C(OC2OC(CO)C(O)C(O)C2O)C(O)C1O)C(O)/C=C/CCCCCCCCCCCCCCCCC. The first-order valence-electron chi connectivity index (χ1n) is 32.5. The number of hydrogen-bond donors (Lipinski definition) is 9. The summed E-state index contributed by atoms with van der Waals surface area (Å²) in [6, 6.07) is -0.925. The van der Waals surface area contributed by atoms with Gasteiger partial charge in [-0.3, -0.25) is 4.79 Å². The lowest BCUT2D eigenvalue weighted by Gasteiger charge is -2.46. The molecule has 0 spiro atoms. The Labute approximate surface area is 496 Å². The van der Waals surface area contributed by atoms with Gasteiger partial charge in [-0.1, -0.05) is 246 Å². The minimum atomic E-state index is -1.79. The smallest absolute Gasteiger partial charge is 0.220 e. The van der Waals surface area contributed by atoms with Gasteiger partial charge in [0.1, 0.15) is 48.8 Å². The molecule has 2 heterocycles. The number of allylic oxidation sites excluding steroid dienone is 15. The lowest BCUT2D eigenvalue weighted by molar-refractivity contribution is -0.359. The molecule has 2 aliphatic heterocycles. The maximum absolute atomic E-state index is 13.3. The zero-order valence-electron chi connectivity index (χ0n) is 50.9. The lowest BCUT2D eigenvalue weighted by atomic mass is 9.97. The molecule has 0 aromatic carbocycles. The highest BCUT2D eigenvalue weighted by Gasteiger charge is 2.51. The van der Waals surface area contributed by atoms with E-state index in [2.05, 4.69) is 104 Å². The zero-order chi connectivity index (χ0) is 59.5. The van der Waals surface area contributed by atoms with Crippen molar-refractivity contribution in [3.8, 4) is 0 Å². The van der Waals surface area contributed by atoms with Gasteiger partial charge in [0.25, 0.3) is 0 Å². The van der Waals surface area contributed by atoms with Crippen LogP contribution in [0, 0.1) is 0 Å². The van der Waals surface area contributed by atoms with Crippen LogP contribution in [-0.4, -0.2) is 140 Å². The molecule has 0 saturated carbocycles. The minimum absolute atomic E-state index is 0.249. The average molecular weight is 1160 g/mol. The number of nitrogens with one attached hydrogen (secondary N) is 1. The molecule has 9 N–H and O–H groups in total. The second kappa shape index (κ2) is 52.3. The molecule has 1 amide bonds. The van der Waals surface area contributed by atoms with Crippen LogP contribution in [0.25, 0.3) is 0 Å². The predicted molar refractivity (Wildman–Crippen MR) is 332 cm³/mol. The Kier molecular flexibility index (Phi) is 47.8. The van der Waals surface area contributed by atoms with Gasteiger partial charge in [-0.05, 0) is 77.0 Å². The fourth-order valence-corrected chi connectivity index (χ4v) is 10.1. The van der Waals surface area contributed by atoms with Crippen LogP contribution in [0.5, 0.6) is 0 Å². The highest BCUT2D eigenvalue weighted by molar-refractivity contribution is 5.76. The lowest BCUT2D eigenvalue weighted by Crippen LogP contribution is -2.65. The van der Waals surface area contributed by atoms with E-state index in [1.165, 1.54) is 116 Å². The summed E-state index contributed by atoms with van der Waals surface area (Å²) in [5, 5.41) is 87.2. The quantitative estimate of drug-likeness (QED) is 0.0204. The maximum atomic E-state index is 13.3. The van der Waals surface area contributed by atoms with Crippen LogP contribution in [0.3, 0.4) is 0 Å². The second-order valence-corrected chi connectivity index (χ2v) is 22.5. The van der Waals surface area contributed by atoms with Crippen molar-refractivity contribution in [3.05, 3.63) is 97.2 Å². The van der Waals surface area contributed by atoms with Gasteiger partial charge in [-0.25, -0.2) is 0 Å². The molecule has 12 unspecified atom stereocenters. The van der Waals surface area contributed by atoms with Crippen molar-refractivity contribution < 1.29 is 64.6 Å². The van der Waals surface area contributed by atoms with Gasteiger partial charge in [0.15, 0.2) is 12.6 Å². The maximum Gasteiger partial charge on any atom is 0.220 e. The van der Waals surface area contributed by atoms with Crippen molar-refractivity contribution >= 4 is 5.91 Å². The Morgan fingerprint density at radius 3 is 1.29 bits per heavy atom. The van der Waals surface area contributed by atoms with E-state index in [9.17, 15) is 45.6 Å². The summed E-state index contributed by atoms with van der Waals surface area (Å²) in [5.74, 6) is -0.249. The molecular weight excluding hydrogens is 1040 g/mol. The van der Waals surface area contributed by atoms with Crippen molar-refractivity contribution in [3.63, 3.8) is 0 Å². The standard InChI is InChI=1S/C68H117NO13/c1-3-5-7-9-11-13-15-17-19-21-22-23-24-25-26-27-28-29-30-31-32-33-34-36-38-40-42-44-46-48-50-52-60(73)69-56(57(72)51-49-47-45-43-41-39-37-35-20-18-16-14-12-10-8-6-4-2)55-79-67-65(78)63(76)66(59(54-71)81-67)82-68-64(77)62(75)61(74)58(53-70)80-68/h5,7,11,13,17,19,22-23,25-26,28-29,31-32,49,51,56-59,61-68,70-72,74-78H,3-4,6,8-10,12,14-16,18,20-21,24,27,30,33-48,50,52-55H2,1-2H3,(H,69,73)/b7-5-,13-11-,19-17-,23-22-,26-25-,29-28-,32-31-,51-49+. The summed E-state index contributed by atoms with van der Waals surface area (Å²) in [4.78, 5) is 13.3. The molecule has 14 nitrogen and oxygen atoms in total. The Bertz CT molecular complexity index is 1740. The first kappa shape index (κ1) is 75.0. The van der Waals surface area contributed by atoms with Crippen LogP contribution in [0.4, 0.5) is 0 Å². The van der Waals surface area contributed by atoms with Gasteiger partial charge in [0.05, 0.1) is 32.0 Å². The minimum Gasteiger partial charge on any atom is -0.394 e. The first-order valence-corrected chi connectivity index (χ1v) is 32.5. The number of unbranched alkanes of at least 4 members (excludes halogenated alkanes) is 24. The van der Waals surface area contributed by atoms with Gasteiger partial charge in [-0.2, -0.15) is 0 Å². The van der Waals surface area contributed by atoms with Crippen LogP contribution in [0.15, 0.2) is 97.2 Å². The Balaban J connectivity index is 1.70. The molecule has 0 aromatic heterocycles. The molecule has 0 aliphatic carbocycles. The molecule has 472 valence electrons. The summed E-state index contributed by atoms with van der Waals surface area (Å²) < 4.78 is 22.8. The summed E-state index contributed by atoms with van der Waals surface area (Å²) in [5.41, 5.74) is 0. The fourth-order valence-electron chi connectivity index (χ4n) is 10.1. The molecule has 2 rings (SSSR count). The van der Waals surface area contributed by atoms with Crippen LogP contribution >= 0.6 is 0 Å². The number of aliphatic hydroxyl groups is 8. The third kappa shape index (κ3) is 36.7. The van der Waals surface area contributed by atoms with E-state index >= 15 is 0 Å². The summed E-state index contributed by atoms with van der Waals surface area (Å²) in [7, 11) is 0. The molecule has 0 radical (unpaired) electrons. The number of rotatable bonds is 51. The predicted octanol–water partition coefficient (Wildman–Crippen LogP) is 12.2. The molecule has 82 heavy (non-hydrogen) atoms. The van der Waals surface area contributed by atoms with E-state index in [1.54, 1.807) is 6.08 Å². The van der Waals surface area contributed by atoms with Crippen LogP contribution in [0.2, 0.25) is 0 Å². The highest BCUT2D eigenvalue weighted by Crippen LogP contribution is 2.30. The molecule has 2 aliphatic rings. The van der Waals surface area contributed by atoms with Crippen LogP contribution in [-0.2, 0) is 23.7 Å². The molecule has 2 fully saturated rings. The van der Waals surface area contributed by atoms with Gasteiger partial charge < -0.3 is 65.1 Å². The first-order chi connectivity index (χ1) is 40.1. The zero-order valence-corrected chi connectivity index (χ0v) is 50.9. The van der Waals surface area contributed by atoms with Gasteiger partial charge in [0, 0.05) is 6.42 Å². The molecule has 0 bridgehead atoms. The number of amides is 1. The number of aliphatic hydroxyl groups excluding tert-OH is 8. The topological polar surface area (TPSA) is 228 Å². The van der Waals surface area contributed by atoms with Crippen LogP contribution < -0.4 is 5.32 Å². The van der Waals surface area contributed by atoms with E-state index in [1.807, 2.05) is 6.08 Å². The number of carbonyl (C=O) groups is 1. The highest BCUT2D eigenvalue weighted by atomic mass is 16.7. The Morgan fingerprint density at radius 1 is 0.451 bits per heavy atom. The summed E-state index contributed by atoms with van der Waals surface area (Å²) >= 11 is 0. The molecule has 14 heteroatoms. The van der Waals surface area contributed by atoms with Gasteiger partial charge in [0.2, 0.25) is 5.91 Å². The third-order valence-electron chi connectivity index (χ3n) is 15.3. The number of carbonyl (C=O) groups excluding carboxylic acids is 1. The van der Waals surface area contributed by atoms with Crippen molar-refractivity contribution in [1.82, 2.24) is 5.32 Å². The summed E-state index contributed by atoms with van der Waals surface area (Å²) in [6.45, 7) is 2.68. The largest absolute Gasteiger partial charge is 0.394 e. The van der Waals surface area contributed by atoms with Crippen molar-refractivity contribution in [2.45, 2.75) is 306 Å². The molecule has 2 saturated heterocycles. The number of hydrogen-bond acceptors (Lipinski definition) is 13. The normalized spacial score (nSPS) is 24.6. The van der Waals surface area contributed by atoms with E-state index in [-0.39, 0.29) is 18.9 Å². The van der Waals surface area contributed by atoms with Crippen LogP contribution in [0.1, 0.15) is 232 Å². The average Bonchev–Trinajstić information content (AvgIpc) is 3.52. The van der Waals surface area contributed by atoms with Gasteiger partial charge >= 0.3 is 0 Å². The molecular formula is C68H117NO13. The van der Waals surface area contributed by atoms with E-state index < -0.39 is 86.8 Å².